The SMILES string of the molecule is O=C(CCCn1c(=O)oc2cc([N+](=O)[O-])ccc21)Nc1ccccc1Oc1ccccc1. The maximum absolute atomic E-state index is 12.5. The van der Waals surface area contributed by atoms with Gasteiger partial charge in [0.25, 0.3) is 5.69 Å². The van der Waals surface area contributed by atoms with Gasteiger partial charge < -0.3 is 14.5 Å². The minimum Gasteiger partial charge on any atom is -0.455 e. The van der Waals surface area contributed by atoms with Crippen molar-refractivity contribution in [2.45, 2.75) is 19.4 Å². The quantitative estimate of drug-likeness (QED) is 0.318. The first kappa shape index (κ1) is 20.9. The van der Waals surface area contributed by atoms with E-state index in [2.05, 4.69) is 5.32 Å². The largest absolute Gasteiger partial charge is 0.455 e. The minimum atomic E-state index is -0.623. The minimum absolute atomic E-state index is 0.139. The van der Waals surface area contributed by atoms with Crippen molar-refractivity contribution in [1.29, 1.82) is 0 Å². The lowest BCUT2D eigenvalue weighted by molar-refractivity contribution is -0.384. The molecule has 4 rings (SSSR count). The average molecular weight is 433 g/mol. The molecular formula is C23H19N3O6. The van der Waals surface area contributed by atoms with E-state index < -0.39 is 10.7 Å². The van der Waals surface area contributed by atoms with Crippen molar-refractivity contribution in [3.63, 3.8) is 0 Å². The van der Waals surface area contributed by atoms with Gasteiger partial charge in [0.15, 0.2) is 11.3 Å². The summed E-state index contributed by atoms with van der Waals surface area (Å²) in [5.41, 5.74) is 0.969. The number of oxazole rings is 1. The number of ether oxygens (including phenoxy) is 1. The van der Waals surface area contributed by atoms with Gasteiger partial charge in [-0.05, 0) is 36.8 Å². The van der Waals surface area contributed by atoms with Crippen LogP contribution in [0.4, 0.5) is 11.4 Å². The number of nitrogens with zero attached hydrogens (tertiary/aromatic N) is 2. The number of hydrogen-bond acceptors (Lipinski definition) is 6. The summed E-state index contributed by atoms with van der Waals surface area (Å²) in [6, 6.07) is 20.3. The molecule has 0 atom stereocenters. The van der Waals surface area contributed by atoms with Crippen LogP contribution in [0.2, 0.25) is 0 Å². The summed E-state index contributed by atoms with van der Waals surface area (Å²) >= 11 is 0. The molecule has 9 heteroatoms. The van der Waals surface area contributed by atoms with Crippen molar-refractivity contribution in [3.8, 4) is 11.5 Å². The Morgan fingerprint density at radius 1 is 1.06 bits per heavy atom. The molecule has 9 nitrogen and oxygen atoms in total. The van der Waals surface area contributed by atoms with Crippen molar-refractivity contribution in [3.05, 3.63) is 93.5 Å². The molecule has 0 aliphatic rings. The molecule has 0 bridgehead atoms. The number of para-hydroxylation sites is 3. The van der Waals surface area contributed by atoms with E-state index in [1.165, 1.54) is 22.8 Å². The number of carbonyl (C=O) groups is 1. The zero-order chi connectivity index (χ0) is 22.5. The maximum Gasteiger partial charge on any atom is 0.419 e. The Bertz CT molecular complexity index is 1330. The highest BCUT2D eigenvalue weighted by molar-refractivity contribution is 5.92. The molecule has 0 radical (unpaired) electrons. The van der Waals surface area contributed by atoms with Crippen molar-refractivity contribution >= 4 is 28.4 Å². The smallest absolute Gasteiger partial charge is 0.419 e. The number of nitro groups is 1. The number of aromatic nitrogens is 1. The molecule has 0 saturated heterocycles. The molecule has 0 aliphatic heterocycles. The highest BCUT2D eigenvalue weighted by Crippen LogP contribution is 2.29. The molecule has 1 amide bonds. The molecule has 162 valence electrons. The van der Waals surface area contributed by atoms with Crippen molar-refractivity contribution in [2.24, 2.45) is 0 Å². The van der Waals surface area contributed by atoms with E-state index in [1.807, 2.05) is 36.4 Å². The normalized spacial score (nSPS) is 10.8. The lowest BCUT2D eigenvalue weighted by Gasteiger charge is -2.12. The average Bonchev–Trinajstić information content (AvgIpc) is 3.10. The van der Waals surface area contributed by atoms with Gasteiger partial charge in [-0.1, -0.05) is 30.3 Å². The van der Waals surface area contributed by atoms with Gasteiger partial charge in [-0.2, -0.15) is 0 Å². The van der Waals surface area contributed by atoms with E-state index in [0.717, 1.165) is 0 Å². The first-order chi connectivity index (χ1) is 15.5. The number of rotatable bonds is 8. The highest BCUT2D eigenvalue weighted by Gasteiger charge is 2.15. The lowest BCUT2D eigenvalue weighted by Crippen LogP contribution is -2.17. The summed E-state index contributed by atoms with van der Waals surface area (Å²) in [5.74, 6) is 0.319. The number of aryl methyl sites for hydroxylation is 1. The van der Waals surface area contributed by atoms with E-state index in [1.54, 1.807) is 18.2 Å². The van der Waals surface area contributed by atoms with Crippen molar-refractivity contribution in [2.75, 3.05) is 5.32 Å². The second-order valence-corrected chi connectivity index (χ2v) is 6.99. The van der Waals surface area contributed by atoms with Crippen molar-refractivity contribution < 1.29 is 18.9 Å². The summed E-state index contributed by atoms with van der Waals surface area (Å²) in [7, 11) is 0. The third kappa shape index (κ3) is 4.67. The Morgan fingerprint density at radius 2 is 1.81 bits per heavy atom. The number of anilines is 1. The highest BCUT2D eigenvalue weighted by atomic mass is 16.6. The molecule has 0 unspecified atom stereocenters. The van der Waals surface area contributed by atoms with Crippen LogP contribution in [-0.2, 0) is 11.3 Å². The van der Waals surface area contributed by atoms with Gasteiger partial charge in [0.2, 0.25) is 5.91 Å². The molecule has 1 heterocycles. The first-order valence-corrected chi connectivity index (χ1v) is 9.91. The Labute approximate surface area is 182 Å². The Balaban J connectivity index is 1.39. The lowest BCUT2D eigenvalue weighted by atomic mass is 10.2. The van der Waals surface area contributed by atoms with Crippen LogP contribution >= 0.6 is 0 Å². The van der Waals surface area contributed by atoms with Crippen LogP contribution in [0.25, 0.3) is 11.1 Å². The van der Waals surface area contributed by atoms with Gasteiger partial charge in [0, 0.05) is 19.0 Å². The summed E-state index contributed by atoms with van der Waals surface area (Å²) in [4.78, 5) is 34.9. The molecule has 0 fully saturated rings. The topological polar surface area (TPSA) is 117 Å². The fraction of sp³-hybridized carbons (Fsp3) is 0.130. The van der Waals surface area contributed by atoms with Crippen LogP contribution in [0.3, 0.4) is 0 Å². The Morgan fingerprint density at radius 3 is 2.59 bits per heavy atom. The van der Waals surface area contributed by atoms with Crippen LogP contribution in [0.5, 0.6) is 11.5 Å². The second-order valence-electron chi connectivity index (χ2n) is 6.99. The summed E-state index contributed by atoms with van der Waals surface area (Å²) < 4.78 is 12.3. The Hall–Kier alpha value is -4.40. The van der Waals surface area contributed by atoms with Crippen LogP contribution in [0.1, 0.15) is 12.8 Å². The van der Waals surface area contributed by atoms with Crippen LogP contribution < -0.4 is 15.8 Å². The maximum atomic E-state index is 12.5. The summed E-state index contributed by atoms with van der Waals surface area (Å²) in [6.45, 7) is 0.235. The fourth-order valence-electron chi connectivity index (χ4n) is 3.27. The van der Waals surface area contributed by atoms with Crippen LogP contribution in [-0.4, -0.2) is 15.4 Å². The number of carbonyl (C=O) groups excluding carboxylic acids is 1. The number of hydrogen-bond donors (Lipinski definition) is 1. The van der Waals surface area contributed by atoms with Crippen LogP contribution in [0.15, 0.2) is 82.0 Å². The van der Waals surface area contributed by atoms with Gasteiger partial charge >= 0.3 is 5.76 Å². The Kier molecular flexibility index (Phi) is 5.98. The van der Waals surface area contributed by atoms with Gasteiger partial charge in [0.05, 0.1) is 22.2 Å². The predicted octanol–water partition coefficient (Wildman–Crippen LogP) is 4.71. The molecule has 1 aromatic heterocycles. The molecule has 0 spiro atoms. The third-order valence-corrected chi connectivity index (χ3v) is 4.78. The van der Waals surface area contributed by atoms with Gasteiger partial charge in [0.1, 0.15) is 5.75 Å². The van der Waals surface area contributed by atoms with Gasteiger partial charge in [-0.25, -0.2) is 4.79 Å². The standard InChI is InChI=1S/C23H19N3O6/c27-22(24-18-9-4-5-10-20(18)31-17-7-2-1-3-8-17)11-6-14-25-19-13-12-16(26(29)30)15-21(19)32-23(25)28/h1-5,7-10,12-13,15H,6,11,14H2,(H,24,27). The molecule has 0 saturated carbocycles. The number of fused-ring (bicyclic) bond motifs is 1. The van der Waals surface area contributed by atoms with Gasteiger partial charge in [-0.3, -0.25) is 19.5 Å². The monoisotopic (exact) mass is 433 g/mol. The molecular weight excluding hydrogens is 414 g/mol. The number of amides is 1. The van der Waals surface area contributed by atoms with Gasteiger partial charge in [-0.15, -0.1) is 0 Å². The molecule has 1 N–H and O–H groups in total. The van der Waals surface area contributed by atoms with E-state index in [9.17, 15) is 19.7 Å². The summed E-state index contributed by atoms with van der Waals surface area (Å²) in [6.07, 6.45) is 0.533. The van der Waals surface area contributed by atoms with Crippen molar-refractivity contribution in [1.82, 2.24) is 4.57 Å². The molecule has 3 aromatic carbocycles. The van der Waals surface area contributed by atoms with E-state index in [0.29, 0.717) is 29.1 Å². The molecule has 4 aromatic rings. The first-order valence-electron chi connectivity index (χ1n) is 9.91. The van der Waals surface area contributed by atoms with E-state index >= 15 is 0 Å². The molecule has 0 aliphatic carbocycles. The predicted molar refractivity (Wildman–Crippen MR) is 118 cm³/mol. The zero-order valence-electron chi connectivity index (χ0n) is 16.9. The number of non-ortho nitro benzene ring substituents is 1. The van der Waals surface area contributed by atoms with E-state index in [4.69, 9.17) is 9.15 Å². The zero-order valence-corrected chi connectivity index (χ0v) is 16.9. The van der Waals surface area contributed by atoms with Crippen LogP contribution in [0, 0.1) is 10.1 Å². The summed E-state index contributed by atoms with van der Waals surface area (Å²) in [5, 5.41) is 13.7. The van der Waals surface area contributed by atoms with E-state index in [-0.39, 0.29) is 30.1 Å². The second kappa shape index (κ2) is 9.17. The number of nitrogens with one attached hydrogen (secondary N) is 1. The third-order valence-electron chi connectivity index (χ3n) is 4.78. The number of benzene rings is 3. The fourth-order valence-corrected chi connectivity index (χ4v) is 3.27. The molecule has 32 heavy (non-hydrogen) atoms. The number of nitro benzene ring substituents is 1.